The Morgan fingerprint density at radius 3 is 2.59 bits per heavy atom. The summed E-state index contributed by atoms with van der Waals surface area (Å²) in [4.78, 5) is 31.0. The molecular formula is C26H22ClF3N4O4S. The topological polar surface area (TPSA) is 115 Å². The van der Waals surface area contributed by atoms with Crippen LogP contribution in [0.3, 0.4) is 0 Å². The summed E-state index contributed by atoms with van der Waals surface area (Å²) < 4.78 is 55.6. The van der Waals surface area contributed by atoms with Crippen LogP contribution in [0, 0.1) is 23.7 Å². The van der Waals surface area contributed by atoms with E-state index < -0.39 is 40.7 Å². The van der Waals surface area contributed by atoms with Crippen LogP contribution >= 0.6 is 11.6 Å². The smallest absolute Gasteiger partial charge is 0.422 e. The fourth-order valence-corrected chi connectivity index (χ4v) is 6.29. The number of pyridine rings is 1. The number of halogens is 4. The van der Waals surface area contributed by atoms with Crippen molar-refractivity contribution in [2.75, 3.05) is 18.1 Å². The third kappa shape index (κ3) is 6.54. The molecule has 3 aromatic rings. The molecule has 1 saturated heterocycles. The van der Waals surface area contributed by atoms with Crippen molar-refractivity contribution in [3.63, 3.8) is 0 Å². The van der Waals surface area contributed by atoms with E-state index in [2.05, 4.69) is 10.1 Å². The van der Waals surface area contributed by atoms with Gasteiger partial charge >= 0.3 is 6.18 Å². The summed E-state index contributed by atoms with van der Waals surface area (Å²) in [5, 5.41) is 13.5. The van der Waals surface area contributed by atoms with Gasteiger partial charge in [0, 0.05) is 53.0 Å². The highest BCUT2D eigenvalue weighted by atomic mass is 35.5. The summed E-state index contributed by atoms with van der Waals surface area (Å²) in [6, 6.07) is 9.05. The van der Waals surface area contributed by atoms with Crippen LogP contribution in [0.1, 0.15) is 50.9 Å². The lowest BCUT2D eigenvalue weighted by atomic mass is 9.83. The van der Waals surface area contributed by atoms with Crippen molar-refractivity contribution in [3.05, 3.63) is 69.5 Å². The Hall–Kier alpha value is -3.56. The SMILES string of the molecule is Cc1cc(C#N)cc(C(=O)CC2(C)CS(=O)C2)c1CC(=O)c1cc(OCC(F)(F)F)nn1-c1ncccc1Cl. The van der Waals surface area contributed by atoms with Crippen LogP contribution in [0.15, 0.2) is 36.5 Å². The van der Waals surface area contributed by atoms with Gasteiger partial charge < -0.3 is 4.74 Å². The Bertz CT molecular complexity index is 1520. The monoisotopic (exact) mass is 578 g/mol. The molecular weight excluding hydrogens is 557 g/mol. The fraction of sp³-hybridized carbons (Fsp3) is 0.346. The molecule has 0 unspecified atom stereocenters. The van der Waals surface area contributed by atoms with E-state index >= 15 is 0 Å². The normalized spacial score (nSPS) is 18.7. The zero-order valence-electron chi connectivity index (χ0n) is 20.8. The van der Waals surface area contributed by atoms with Gasteiger partial charge in [-0.3, -0.25) is 13.8 Å². The number of hydrogen-bond donors (Lipinski definition) is 0. The molecule has 0 amide bonds. The van der Waals surface area contributed by atoms with Crippen LogP contribution in [0.4, 0.5) is 13.2 Å². The Morgan fingerprint density at radius 1 is 1.26 bits per heavy atom. The van der Waals surface area contributed by atoms with Crippen LogP contribution in [0.5, 0.6) is 5.88 Å². The fourth-order valence-electron chi connectivity index (χ4n) is 4.42. The molecule has 39 heavy (non-hydrogen) atoms. The number of nitrogens with zero attached hydrogens (tertiary/aromatic N) is 4. The van der Waals surface area contributed by atoms with Crippen LogP contribution < -0.4 is 4.74 Å². The van der Waals surface area contributed by atoms with E-state index in [-0.39, 0.29) is 46.3 Å². The minimum absolute atomic E-state index is 0.00290. The Kier molecular flexibility index (Phi) is 7.95. The quantitative estimate of drug-likeness (QED) is 0.335. The summed E-state index contributed by atoms with van der Waals surface area (Å²) in [5.41, 5.74) is 0.709. The molecule has 13 heteroatoms. The molecule has 1 aliphatic rings. The number of ether oxygens (including phenoxy) is 1. The number of nitriles is 1. The number of alkyl halides is 3. The molecule has 0 radical (unpaired) electrons. The largest absolute Gasteiger partial charge is 0.467 e. The van der Waals surface area contributed by atoms with Gasteiger partial charge in [-0.05, 0) is 47.7 Å². The van der Waals surface area contributed by atoms with Crippen molar-refractivity contribution >= 4 is 34.0 Å². The second-order valence-corrected chi connectivity index (χ2v) is 11.5. The van der Waals surface area contributed by atoms with Crippen molar-refractivity contribution in [3.8, 4) is 17.8 Å². The van der Waals surface area contributed by atoms with Gasteiger partial charge in [0.05, 0.1) is 16.7 Å². The summed E-state index contributed by atoms with van der Waals surface area (Å²) >= 11 is 6.22. The lowest BCUT2D eigenvalue weighted by molar-refractivity contribution is -0.154. The highest BCUT2D eigenvalue weighted by molar-refractivity contribution is 7.86. The van der Waals surface area contributed by atoms with Gasteiger partial charge in [0.25, 0.3) is 0 Å². The van der Waals surface area contributed by atoms with Gasteiger partial charge in [-0.25, -0.2) is 9.67 Å². The highest BCUT2D eigenvalue weighted by Crippen LogP contribution is 2.35. The van der Waals surface area contributed by atoms with Crippen LogP contribution in [-0.4, -0.2) is 54.8 Å². The maximum atomic E-state index is 13.6. The number of aryl methyl sites for hydroxylation is 1. The zero-order chi connectivity index (χ0) is 28.5. The Labute approximate surface area is 229 Å². The average Bonchev–Trinajstić information content (AvgIpc) is 3.27. The van der Waals surface area contributed by atoms with E-state index in [1.54, 1.807) is 13.0 Å². The second kappa shape index (κ2) is 10.9. The van der Waals surface area contributed by atoms with E-state index in [1.165, 1.54) is 24.4 Å². The van der Waals surface area contributed by atoms with Gasteiger partial charge in [-0.1, -0.05) is 18.5 Å². The molecule has 2 aromatic heterocycles. The van der Waals surface area contributed by atoms with Crippen molar-refractivity contribution < 1.29 is 31.7 Å². The minimum atomic E-state index is -4.63. The molecule has 0 saturated carbocycles. The van der Waals surface area contributed by atoms with E-state index in [0.29, 0.717) is 22.6 Å². The number of rotatable bonds is 9. The first-order chi connectivity index (χ1) is 18.3. The number of ketones is 2. The number of aromatic nitrogens is 3. The van der Waals surface area contributed by atoms with E-state index in [9.17, 15) is 32.2 Å². The third-order valence-electron chi connectivity index (χ3n) is 6.14. The maximum absolute atomic E-state index is 13.6. The Balaban J connectivity index is 1.72. The number of carbonyl (C=O) groups excluding carboxylic acids is 2. The standard InChI is InChI=1S/C26H22ClF3N4O4S/c1-15-6-16(11-31)7-18(22(36)10-25(2)13-39(37)14-25)17(15)8-21(35)20-9-23(38-12-26(28,29)30)33-34(20)24-19(27)4-3-5-32-24/h3-7,9H,8,10,12-14H2,1-2H3. The molecule has 204 valence electrons. The molecule has 0 spiro atoms. The van der Waals surface area contributed by atoms with E-state index in [0.717, 1.165) is 10.7 Å². The number of Topliss-reactive ketones (excluding diaryl/α,β-unsaturated/α-hetero) is 2. The van der Waals surface area contributed by atoms with Crippen molar-refractivity contribution in [2.45, 2.75) is 32.9 Å². The summed E-state index contributed by atoms with van der Waals surface area (Å²) in [6.07, 6.45) is -3.49. The van der Waals surface area contributed by atoms with Crippen LogP contribution in [-0.2, 0) is 17.2 Å². The zero-order valence-corrected chi connectivity index (χ0v) is 22.4. The first kappa shape index (κ1) is 28.4. The van der Waals surface area contributed by atoms with Crippen LogP contribution in [0.25, 0.3) is 5.82 Å². The van der Waals surface area contributed by atoms with Gasteiger partial charge in [0.2, 0.25) is 5.88 Å². The number of benzene rings is 1. The highest BCUT2D eigenvalue weighted by Gasteiger charge is 2.40. The predicted molar refractivity (Wildman–Crippen MR) is 137 cm³/mol. The Morgan fingerprint density at radius 2 is 1.97 bits per heavy atom. The van der Waals surface area contributed by atoms with Crippen molar-refractivity contribution in [1.82, 2.24) is 14.8 Å². The first-order valence-corrected chi connectivity index (χ1v) is 13.5. The lowest BCUT2D eigenvalue weighted by Gasteiger charge is -2.36. The molecule has 0 aliphatic carbocycles. The first-order valence-electron chi connectivity index (χ1n) is 11.6. The summed E-state index contributed by atoms with van der Waals surface area (Å²) in [6.45, 7) is 1.89. The van der Waals surface area contributed by atoms with Gasteiger partial charge in [-0.2, -0.15) is 18.4 Å². The number of carbonyl (C=O) groups is 2. The van der Waals surface area contributed by atoms with Crippen molar-refractivity contribution in [1.29, 1.82) is 5.26 Å². The predicted octanol–water partition coefficient (Wildman–Crippen LogP) is 4.81. The summed E-state index contributed by atoms with van der Waals surface area (Å²) in [5.74, 6) is -0.584. The molecule has 0 bridgehead atoms. The lowest BCUT2D eigenvalue weighted by Crippen LogP contribution is -2.43. The molecule has 1 fully saturated rings. The molecule has 0 N–H and O–H groups in total. The molecule has 0 atom stereocenters. The van der Waals surface area contributed by atoms with E-state index in [4.69, 9.17) is 16.3 Å². The molecule has 4 rings (SSSR count). The van der Waals surface area contributed by atoms with Gasteiger partial charge in [0.1, 0.15) is 5.69 Å². The minimum Gasteiger partial charge on any atom is -0.467 e. The van der Waals surface area contributed by atoms with Gasteiger partial charge in [-0.15, -0.1) is 5.10 Å². The molecule has 3 heterocycles. The number of hydrogen-bond acceptors (Lipinski definition) is 7. The van der Waals surface area contributed by atoms with E-state index in [1.807, 2.05) is 13.0 Å². The molecule has 1 aromatic carbocycles. The molecule has 8 nitrogen and oxygen atoms in total. The summed E-state index contributed by atoms with van der Waals surface area (Å²) in [7, 11) is -0.980. The average molecular weight is 579 g/mol. The van der Waals surface area contributed by atoms with Gasteiger partial charge in [0.15, 0.2) is 24.0 Å². The third-order valence-corrected chi connectivity index (χ3v) is 8.47. The van der Waals surface area contributed by atoms with Crippen molar-refractivity contribution in [2.24, 2.45) is 5.41 Å². The molecule has 1 aliphatic heterocycles. The van der Waals surface area contributed by atoms with Crippen LogP contribution in [0.2, 0.25) is 5.02 Å². The maximum Gasteiger partial charge on any atom is 0.422 e. The second-order valence-electron chi connectivity index (χ2n) is 9.66.